The van der Waals surface area contributed by atoms with E-state index in [0.29, 0.717) is 11.5 Å². The molecule has 0 bridgehead atoms. The zero-order valence-electron chi connectivity index (χ0n) is 10.9. The van der Waals surface area contributed by atoms with Gasteiger partial charge in [-0.1, -0.05) is 0 Å². The third kappa shape index (κ3) is 2.33. The van der Waals surface area contributed by atoms with Crippen molar-refractivity contribution in [1.82, 2.24) is 14.7 Å². The Balaban J connectivity index is 1.93. The van der Waals surface area contributed by atoms with Gasteiger partial charge in [0.1, 0.15) is 5.65 Å². The van der Waals surface area contributed by atoms with Gasteiger partial charge in [0.15, 0.2) is 0 Å². The molecule has 1 atom stereocenters. The molecular formula is C14H17N3O2. The van der Waals surface area contributed by atoms with Gasteiger partial charge >= 0.3 is 5.97 Å². The fourth-order valence-corrected chi connectivity index (χ4v) is 2.55. The molecule has 3 heterocycles. The number of rotatable bonds is 2. The van der Waals surface area contributed by atoms with Crippen molar-refractivity contribution in [2.24, 2.45) is 0 Å². The molecule has 0 spiro atoms. The molecule has 0 saturated carbocycles. The largest absolute Gasteiger partial charge is 0.465 e. The van der Waals surface area contributed by atoms with Crippen LogP contribution in [0.3, 0.4) is 0 Å². The van der Waals surface area contributed by atoms with Crippen LogP contribution in [-0.4, -0.2) is 35.6 Å². The van der Waals surface area contributed by atoms with E-state index in [1.807, 2.05) is 16.7 Å². The highest BCUT2D eigenvalue weighted by Crippen LogP contribution is 2.23. The third-order valence-electron chi connectivity index (χ3n) is 3.61. The highest BCUT2D eigenvalue weighted by molar-refractivity contribution is 5.89. The molecule has 0 aromatic carbocycles. The van der Waals surface area contributed by atoms with E-state index in [9.17, 15) is 4.79 Å². The topological polar surface area (TPSA) is 55.6 Å². The minimum Gasteiger partial charge on any atom is -0.465 e. The standard InChI is InChI=1S/C14H17N3O2/c1-19-14(18)11-4-5-13-16-12(9-17(13)8-11)10-3-2-6-15-7-10/h4-5,8-10,15H,2-3,6-7H2,1H3. The van der Waals surface area contributed by atoms with E-state index >= 15 is 0 Å². The fourth-order valence-electron chi connectivity index (χ4n) is 2.55. The predicted molar refractivity (Wildman–Crippen MR) is 71.4 cm³/mol. The Morgan fingerprint density at radius 1 is 1.47 bits per heavy atom. The van der Waals surface area contributed by atoms with Gasteiger partial charge in [0, 0.05) is 24.9 Å². The number of pyridine rings is 1. The number of nitrogens with one attached hydrogen (secondary N) is 1. The van der Waals surface area contributed by atoms with Crippen molar-refractivity contribution in [3.8, 4) is 0 Å². The van der Waals surface area contributed by atoms with Crippen LogP contribution < -0.4 is 5.32 Å². The number of carbonyl (C=O) groups is 1. The van der Waals surface area contributed by atoms with Gasteiger partial charge in [-0.05, 0) is 31.5 Å². The molecule has 2 aromatic heterocycles. The minimum absolute atomic E-state index is 0.323. The average Bonchev–Trinajstić information content (AvgIpc) is 2.90. The van der Waals surface area contributed by atoms with E-state index in [0.717, 1.165) is 24.4 Å². The maximum atomic E-state index is 11.5. The summed E-state index contributed by atoms with van der Waals surface area (Å²) in [7, 11) is 1.39. The van der Waals surface area contributed by atoms with Gasteiger partial charge < -0.3 is 14.5 Å². The maximum Gasteiger partial charge on any atom is 0.339 e. The second kappa shape index (κ2) is 5.01. The summed E-state index contributed by atoms with van der Waals surface area (Å²) in [5, 5.41) is 3.39. The van der Waals surface area contributed by atoms with Gasteiger partial charge in [0.2, 0.25) is 0 Å². The van der Waals surface area contributed by atoms with Crippen molar-refractivity contribution >= 4 is 11.6 Å². The van der Waals surface area contributed by atoms with Crippen molar-refractivity contribution in [3.63, 3.8) is 0 Å². The summed E-state index contributed by atoms with van der Waals surface area (Å²) in [5.74, 6) is 0.145. The predicted octanol–water partition coefficient (Wildman–Crippen LogP) is 1.59. The monoisotopic (exact) mass is 259 g/mol. The molecule has 0 aliphatic carbocycles. The van der Waals surface area contributed by atoms with Crippen molar-refractivity contribution in [2.45, 2.75) is 18.8 Å². The zero-order chi connectivity index (χ0) is 13.2. The number of hydrogen-bond acceptors (Lipinski definition) is 4. The number of ether oxygens (including phenoxy) is 1. The molecule has 1 N–H and O–H groups in total. The number of methoxy groups -OCH3 is 1. The Labute approximate surface area is 111 Å². The lowest BCUT2D eigenvalue weighted by atomic mass is 9.97. The molecule has 0 radical (unpaired) electrons. The van der Waals surface area contributed by atoms with E-state index in [2.05, 4.69) is 10.3 Å². The van der Waals surface area contributed by atoms with E-state index in [1.165, 1.54) is 20.0 Å². The first-order chi connectivity index (χ1) is 9.28. The van der Waals surface area contributed by atoms with Crippen LogP contribution in [0.2, 0.25) is 0 Å². The highest BCUT2D eigenvalue weighted by Gasteiger charge is 2.18. The molecule has 1 aliphatic rings. The van der Waals surface area contributed by atoms with Crippen LogP contribution in [0.15, 0.2) is 24.5 Å². The number of aromatic nitrogens is 2. The third-order valence-corrected chi connectivity index (χ3v) is 3.61. The molecule has 5 nitrogen and oxygen atoms in total. The van der Waals surface area contributed by atoms with Gasteiger partial charge in [0.05, 0.1) is 18.4 Å². The van der Waals surface area contributed by atoms with Crippen LogP contribution in [0.4, 0.5) is 0 Å². The number of fused-ring (bicyclic) bond motifs is 1. The fraction of sp³-hybridized carbons (Fsp3) is 0.429. The lowest BCUT2D eigenvalue weighted by molar-refractivity contribution is 0.0600. The van der Waals surface area contributed by atoms with Crippen LogP contribution in [0.1, 0.15) is 34.8 Å². The van der Waals surface area contributed by atoms with Gasteiger partial charge in [-0.15, -0.1) is 0 Å². The highest BCUT2D eigenvalue weighted by atomic mass is 16.5. The van der Waals surface area contributed by atoms with Crippen LogP contribution in [0, 0.1) is 0 Å². The zero-order valence-corrected chi connectivity index (χ0v) is 10.9. The lowest BCUT2D eigenvalue weighted by Crippen LogP contribution is -2.28. The number of imidazole rings is 1. The number of nitrogens with zero attached hydrogens (tertiary/aromatic N) is 2. The Morgan fingerprint density at radius 3 is 3.11 bits per heavy atom. The summed E-state index contributed by atoms with van der Waals surface area (Å²) in [6.07, 6.45) is 6.14. The molecule has 1 aliphatic heterocycles. The molecule has 1 unspecified atom stereocenters. The van der Waals surface area contributed by atoms with E-state index in [4.69, 9.17) is 4.74 Å². The second-order valence-electron chi connectivity index (χ2n) is 4.88. The Hall–Kier alpha value is -1.88. The van der Waals surface area contributed by atoms with E-state index in [1.54, 1.807) is 12.3 Å². The van der Waals surface area contributed by atoms with Crippen LogP contribution >= 0.6 is 0 Å². The first kappa shape index (κ1) is 12.2. The summed E-state index contributed by atoms with van der Waals surface area (Å²) in [6.45, 7) is 2.07. The van der Waals surface area contributed by atoms with Crippen molar-refractivity contribution in [3.05, 3.63) is 35.8 Å². The first-order valence-electron chi connectivity index (χ1n) is 6.55. The number of hydrogen-bond donors (Lipinski definition) is 1. The molecule has 1 saturated heterocycles. The molecule has 1 fully saturated rings. The molecule has 100 valence electrons. The minimum atomic E-state index is -0.323. The summed E-state index contributed by atoms with van der Waals surface area (Å²) >= 11 is 0. The van der Waals surface area contributed by atoms with Crippen LogP contribution in [0.5, 0.6) is 0 Å². The number of piperidine rings is 1. The van der Waals surface area contributed by atoms with E-state index < -0.39 is 0 Å². The Kier molecular flexibility index (Phi) is 3.21. The quantitative estimate of drug-likeness (QED) is 0.832. The molecular weight excluding hydrogens is 242 g/mol. The maximum absolute atomic E-state index is 11.5. The number of carbonyl (C=O) groups excluding carboxylic acids is 1. The number of esters is 1. The van der Waals surface area contributed by atoms with Crippen LogP contribution in [-0.2, 0) is 4.74 Å². The Morgan fingerprint density at radius 2 is 2.37 bits per heavy atom. The summed E-state index contributed by atoms with van der Waals surface area (Å²) < 4.78 is 6.62. The SMILES string of the molecule is COC(=O)c1ccc2nc(C3CCCNC3)cn2c1. The van der Waals surface area contributed by atoms with Crippen molar-refractivity contribution in [1.29, 1.82) is 0 Å². The summed E-state index contributed by atoms with van der Waals surface area (Å²) in [6, 6.07) is 3.60. The lowest BCUT2D eigenvalue weighted by Gasteiger charge is -2.20. The summed E-state index contributed by atoms with van der Waals surface area (Å²) in [4.78, 5) is 16.1. The molecule has 19 heavy (non-hydrogen) atoms. The normalized spacial score (nSPS) is 19.5. The van der Waals surface area contributed by atoms with Crippen molar-refractivity contribution < 1.29 is 9.53 Å². The smallest absolute Gasteiger partial charge is 0.339 e. The average molecular weight is 259 g/mol. The van der Waals surface area contributed by atoms with Crippen LogP contribution in [0.25, 0.3) is 5.65 Å². The van der Waals surface area contributed by atoms with Gasteiger partial charge in [0.25, 0.3) is 0 Å². The van der Waals surface area contributed by atoms with Gasteiger partial charge in [-0.25, -0.2) is 9.78 Å². The van der Waals surface area contributed by atoms with Gasteiger partial charge in [-0.2, -0.15) is 0 Å². The molecule has 0 amide bonds. The molecule has 5 heteroatoms. The van der Waals surface area contributed by atoms with E-state index in [-0.39, 0.29) is 5.97 Å². The molecule has 2 aromatic rings. The first-order valence-corrected chi connectivity index (χ1v) is 6.55. The second-order valence-corrected chi connectivity index (χ2v) is 4.88. The Bertz CT molecular complexity index is 600. The summed E-state index contributed by atoms with van der Waals surface area (Å²) in [5.41, 5.74) is 2.50. The molecule has 3 rings (SSSR count). The van der Waals surface area contributed by atoms with Crippen molar-refractivity contribution in [2.75, 3.05) is 20.2 Å². The van der Waals surface area contributed by atoms with Gasteiger partial charge in [-0.3, -0.25) is 0 Å².